The fraction of sp³-hybridized carbons (Fsp3) is 0.462. The van der Waals surface area contributed by atoms with E-state index < -0.39 is 23.7 Å². The largest absolute Gasteiger partial charge is 0.449 e. The van der Waals surface area contributed by atoms with Gasteiger partial charge < -0.3 is 10.1 Å². The number of rotatable bonds is 6. The summed E-state index contributed by atoms with van der Waals surface area (Å²) in [5, 5.41) is 2.58. The van der Waals surface area contributed by atoms with E-state index in [2.05, 4.69) is 10.3 Å². The van der Waals surface area contributed by atoms with Crippen LogP contribution >= 0.6 is 11.8 Å². The van der Waals surface area contributed by atoms with Crippen LogP contribution in [0.25, 0.3) is 0 Å². The van der Waals surface area contributed by atoms with Crippen LogP contribution in [0.3, 0.4) is 0 Å². The van der Waals surface area contributed by atoms with Crippen LogP contribution in [0.2, 0.25) is 0 Å². The monoisotopic (exact) mass is 316 g/mol. The molecule has 1 aromatic heterocycles. The molecule has 1 aromatic rings. The third-order valence-electron chi connectivity index (χ3n) is 2.77. The molecule has 0 radical (unpaired) electrons. The van der Waals surface area contributed by atoms with Crippen molar-refractivity contribution in [3.05, 3.63) is 23.9 Å². The molecule has 0 aromatic carbocycles. The highest BCUT2D eigenvalue weighted by Crippen LogP contribution is 2.27. The van der Waals surface area contributed by atoms with Gasteiger partial charge in [-0.2, -0.15) is 8.78 Å². The van der Waals surface area contributed by atoms with Gasteiger partial charge in [0.1, 0.15) is 5.03 Å². The number of halogens is 2. The number of thioether (sulfide) groups is 1. The van der Waals surface area contributed by atoms with Crippen molar-refractivity contribution in [2.75, 3.05) is 0 Å². The second kappa shape index (κ2) is 6.84. The first-order valence-electron chi connectivity index (χ1n) is 6.38. The third-order valence-corrected chi connectivity index (χ3v) is 3.50. The molecule has 1 fully saturated rings. The molecular formula is C13H14F2N2O3S. The van der Waals surface area contributed by atoms with Crippen molar-refractivity contribution >= 4 is 23.6 Å². The van der Waals surface area contributed by atoms with E-state index in [0.29, 0.717) is 0 Å². The zero-order valence-electron chi connectivity index (χ0n) is 11.2. The maximum Gasteiger partial charge on any atom is 0.341 e. The predicted octanol–water partition coefficient (Wildman–Crippen LogP) is 2.22. The van der Waals surface area contributed by atoms with Crippen molar-refractivity contribution in [2.45, 2.75) is 42.7 Å². The summed E-state index contributed by atoms with van der Waals surface area (Å²) in [5.74, 6) is -3.93. The zero-order chi connectivity index (χ0) is 15.4. The Morgan fingerprint density at radius 2 is 2.19 bits per heavy atom. The molecule has 8 heteroatoms. The van der Waals surface area contributed by atoms with Gasteiger partial charge in [0.25, 0.3) is 11.7 Å². The first-order chi connectivity index (χ1) is 9.97. The standard InChI is InChI=1S/C13H14F2N2O3S/c1-7(10(18)17-8-4-5-8)20-12(19)9-3-2-6-16-11(9)21-13(14)15/h2-3,6-8,13H,4-5H2,1H3,(H,17,18). The second-order valence-electron chi connectivity index (χ2n) is 4.57. The first-order valence-corrected chi connectivity index (χ1v) is 7.26. The van der Waals surface area contributed by atoms with Crippen molar-refractivity contribution in [3.63, 3.8) is 0 Å². The molecule has 1 aliphatic carbocycles. The van der Waals surface area contributed by atoms with Gasteiger partial charge in [0, 0.05) is 12.2 Å². The van der Waals surface area contributed by atoms with E-state index >= 15 is 0 Å². The molecule has 21 heavy (non-hydrogen) atoms. The fourth-order valence-electron chi connectivity index (χ4n) is 1.55. The number of carbonyl (C=O) groups is 2. The van der Waals surface area contributed by atoms with Crippen LogP contribution in [-0.2, 0) is 9.53 Å². The van der Waals surface area contributed by atoms with E-state index in [1.807, 2.05) is 0 Å². The average Bonchev–Trinajstić information content (AvgIpc) is 3.22. The lowest BCUT2D eigenvalue weighted by atomic mass is 10.3. The summed E-state index contributed by atoms with van der Waals surface area (Å²) in [6, 6.07) is 2.94. The third kappa shape index (κ3) is 4.66. The number of esters is 1. The number of hydrogen-bond donors (Lipinski definition) is 1. The van der Waals surface area contributed by atoms with E-state index in [4.69, 9.17) is 4.74 Å². The van der Waals surface area contributed by atoms with Crippen LogP contribution in [0.4, 0.5) is 8.78 Å². The van der Waals surface area contributed by atoms with Gasteiger partial charge in [-0.15, -0.1) is 0 Å². The Bertz CT molecular complexity index is 538. The minimum atomic E-state index is -2.69. The molecule has 0 saturated heterocycles. The fourth-order valence-corrected chi connectivity index (χ4v) is 2.12. The number of hydrogen-bond acceptors (Lipinski definition) is 5. The van der Waals surface area contributed by atoms with Crippen molar-refractivity contribution < 1.29 is 23.1 Å². The van der Waals surface area contributed by atoms with Gasteiger partial charge in [-0.25, -0.2) is 9.78 Å². The molecular weight excluding hydrogens is 302 g/mol. The van der Waals surface area contributed by atoms with E-state index in [0.717, 1.165) is 12.8 Å². The molecule has 0 spiro atoms. The highest BCUT2D eigenvalue weighted by atomic mass is 32.2. The molecule has 1 aliphatic rings. The number of nitrogens with zero attached hydrogens (tertiary/aromatic N) is 1. The Balaban J connectivity index is 2.00. The molecule has 5 nitrogen and oxygen atoms in total. The maximum absolute atomic E-state index is 12.4. The van der Waals surface area contributed by atoms with Gasteiger partial charge in [0.05, 0.1) is 5.56 Å². The smallest absolute Gasteiger partial charge is 0.341 e. The lowest BCUT2D eigenvalue weighted by Crippen LogP contribution is -2.37. The Hall–Kier alpha value is -1.70. The minimum absolute atomic E-state index is 0.0751. The van der Waals surface area contributed by atoms with Crippen LogP contribution < -0.4 is 5.32 Å². The summed E-state index contributed by atoms with van der Waals surface area (Å²) in [4.78, 5) is 27.4. The van der Waals surface area contributed by atoms with Crippen molar-refractivity contribution in [1.82, 2.24) is 10.3 Å². The molecule has 1 unspecified atom stereocenters. The van der Waals surface area contributed by atoms with Crippen LogP contribution in [-0.4, -0.2) is 34.8 Å². The summed E-state index contributed by atoms with van der Waals surface area (Å²) in [6.45, 7) is 1.44. The van der Waals surface area contributed by atoms with Gasteiger partial charge in [0.2, 0.25) is 0 Å². The topological polar surface area (TPSA) is 68.3 Å². The zero-order valence-corrected chi connectivity index (χ0v) is 12.0. The number of ether oxygens (including phenoxy) is 1. The normalized spacial score (nSPS) is 15.6. The first kappa shape index (κ1) is 15.7. The quantitative estimate of drug-likeness (QED) is 0.644. The molecule has 114 valence electrons. The molecule has 0 bridgehead atoms. The SMILES string of the molecule is CC(OC(=O)c1cccnc1SC(F)F)C(=O)NC1CC1. The molecule has 1 atom stereocenters. The van der Waals surface area contributed by atoms with Gasteiger partial charge in [0.15, 0.2) is 6.10 Å². The van der Waals surface area contributed by atoms with E-state index in [-0.39, 0.29) is 28.4 Å². The Labute approximate surface area is 124 Å². The summed E-state index contributed by atoms with van der Waals surface area (Å²) in [5.41, 5.74) is -0.0751. The average molecular weight is 316 g/mol. The van der Waals surface area contributed by atoms with Crippen LogP contribution in [0.1, 0.15) is 30.1 Å². The summed E-state index contributed by atoms with van der Waals surface area (Å²) >= 11 is 0.164. The molecule has 0 aliphatic heterocycles. The summed E-state index contributed by atoms with van der Waals surface area (Å²) in [6.07, 6.45) is 2.17. The predicted molar refractivity (Wildman–Crippen MR) is 72.1 cm³/mol. The second-order valence-corrected chi connectivity index (χ2v) is 5.54. The molecule has 1 heterocycles. The molecule has 2 rings (SSSR count). The van der Waals surface area contributed by atoms with Crippen LogP contribution in [0.15, 0.2) is 23.4 Å². The molecule has 1 amide bonds. The maximum atomic E-state index is 12.4. The number of carbonyl (C=O) groups excluding carboxylic acids is 2. The van der Waals surface area contributed by atoms with Crippen molar-refractivity contribution in [3.8, 4) is 0 Å². The Morgan fingerprint density at radius 3 is 2.81 bits per heavy atom. The number of amides is 1. The number of pyridine rings is 1. The Morgan fingerprint density at radius 1 is 1.48 bits per heavy atom. The number of alkyl halides is 2. The summed E-state index contributed by atoms with van der Waals surface area (Å²) < 4.78 is 29.8. The van der Waals surface area contributed by atoms with E-state index in [1.54, 1.807) is 0 Å². The molecule has 1 N–H and O–H groups in total. The molecule has 1 saturated carbocycles. The van der Waals surface area contributed by atoms with Crippen molar-refractivity contribution in [2.24, 2.45) is 0 Å². The van der Waals surface area contributed by atoms with Crippen molar-refractivity contribution in [1.29, 1.82) is 0 Å². The number of aromatic nitrogens is 1. The van der Waals surface area contributed by atoms with Crippen LogP contribution in [0.5, 0.6) is 0 Å². The van der Waals surface area contributed by atoms with Gasteiger partial charge in [-0.1, -0.05) is 0 Å². The summed E-state index contributed by atoms with van der Waals surface area (Å²) in [7, 11) is 0. The van der Waals surface area contributed by atoms with Gasteiger partial charge in [-0.3, -0.25) is 4.79 Å². The highest BCUT2D eigenvalue weighted by Gasteiger charge is 2.28. The minimum Gasteiger partial charge on any atom is -0.449 e. The lowest BCUT2D eigenvalue weighted by Gasteiger charge is -2.14. The lowest BCUT2D eigenvalue weighted by molar-refractivity contribution is -0.129. The number of nitrogens with one attached hydrogen (secondary N) is 1. The Kier molecular flexibility index (Phi) is 5.11. The van der Waals surface area contributed by atoms with Gasteiger partial charge >= 0.3 is 5.97 Å². The van der Waals surface area contributed by atoms with Gasteiger partial charge in [-0.05, 0) is 43.7 Å². The van der Waals surface area contributed by atoms with E-state index in [9.17, 15) is 18.4 Å². The highest BCUT2D eigenvalue weighted by molar-refractivity contribution is 7.99. The van der Waals surface area contributed by atoms with E-state index in [1.165, 1.54) is 25.3 Å². The van der Waals surface area contributed by atoms with Crippen LogP contribution in [0, 0.1) is 0 Å².